The predicted octanol–water partition coefficient (Wildman–Crippen LogP) is 3.03. The van der Waals surface area contributed by atoms with E-state index in [1.807, 2.05) is 31.1 Å². The van der Waals surface area contributed by atoms with Gasteiger partial charge in [-0.3, -0.25) is 4.99 Å². The normalized spacial score (nSPS) is 14.1. The highest BCUT2D eigenvalue weighted by molar-refractivity contribution is 5.97. The van der Waals surface area contributed by atoms with Crippen molar-refractivity contribution in [2.24, 2.45) is 4.99 Å². The SMILES string of the molecule is CN=C(NCc1ccc(F)c(CN(C)C)c1)N1CCc2ccccc21. The van der Waals surface area contributed by atoms with Crippen LogP contribution in [-0.4, -0.2) is 38.5 Å². The molecule has 1 N–H and O–H groups in total. The highest BCUT2D eigenvalue weighted by atomic mass is 19.1. The maximum Gasteiger partial charge on any atom is 0.198 e. The topological polar surface area (TPSA) is 30.9 Å². The van der Waals surface area contributed by atoms with Crippen LogP contribution in [0.15, 0.2) is 47.5 Å². The van der Waals surface area contributed by atoms with Crippen LogP contribution in [0.2, 0.25) is 0 Å². The number of halogens is 1. The monoisotopic (exact) mass is 340 g/mol. The van der Waals surface area contributed by atoms with Crippen molar-refractivity contribution < 1.29 is 4.39 Å². The van der Waals surface area contributed by atoms with Crippen molar-refractivity contribution in [1.29, 1.82) is 0 Å². The molecule has 2 aromatic rings. The molecule has 4 nitrogen and oxygen atoms in total. The van der Waals surface area contributed by atoms with Gasteiger partial charge in [0.15, 0.2) is 5.96 Å². The lowest BCUT2D eigenvalue weighted by Gasteiger charge is -2.22. The largest absolute Gasteiger partial charge is 0.352 e. The molecule has 1 aliphatic rings. The summed E-state index contributed by atoms with van der Waals surface area (Å²) in [5.74, 6) is 0.693. The molecular weight excluding hydrogens is 315 g/mol. The number of hydrogen-bond acceptors (Lipinski definition) is 2. The predicted molar refractivity (Wildman–Crippen MR) is 101 cm³/mol. The zero-order valence-corrected chi connectivity index (χ0v) is 15.1. The van der Waals surface area contributed by atoms with E-state index < -0.39 is 0 Å². The number of nitrogens with one attached hydrogen (secondary N) is 1. The van der Waals surface area contributed by atoms with Gasteiger partial charge < -0.3 is 15.1 Å². The van der Waals surface area contributed by atoms with E-state index in [9.17, 15) is 4.39 Å². The van der Waals surface area contributed by atoms with Gasteiger partial charge in [-0.05, 0) is 49.8 Å². The first-order valence-electron chi connectivity index (χ1n) is 8.56. The van der Waals surface area contributed by atoms with Crippen LogP contribution in [0.25, 0.3) is 0 Å². The summed E-state index contributed by atoms with van der Waals surface area (Å²) in [6, 6.07) is 13.7. The molecule has 3 rings (SSSR count). The van der Waals surface area contributed by atoms with Gasteiger partial charge in [0, 0.05) is 37.9 Å². The Morgan fingerprint density at radius 3 is 2.80 bits per heavy atom. The van der Waals surface area contributed by atoms with Gasteiger partial charge in [0.1, 0.15) is 5.82 Å². The molecule has 25 heavy (non-hydrogen) atoms. The van der Waals surface area contributed by atoms with Crippen LogP contribution < -0.4 is 10.2 Å². The molecule has 0 fully saturated rings. The molecule has 0 saturated heterocycles. The van der Waals surface area contributed by atoms with Crippen LogP contribution in [0.3, 0.4) is 0 Å². The lowest BCUT2D eigenvalue weighted by Crippen LogP contribution is -2.40. The van der Waals surface area contributed by atoms with E-state index in [0.717, 1.165) is 24.5 Å². The van der Waals surface area contributed by atoms with E-state index in [2.05, 4.69) is 39.5 Å². The van der Waals surface area contributed by atoms with Crippen LogP contribution in [0.4, 0.5) is 10.1 Å². The van der Waals surface area contributed by atoms with Crippen LogP contribution in [0, 0.1) is 5.82 Å². The number of fused-ring (bicyclic) bond motifs is 1. The standard InChI is InChI=1S/C20H25FN4/c1-22-20(25-11-10-16-6-4-5-7-19(16)25)23-13-15-8-9-18(21)17(12-15)14-24(2)3/h4-9,12H,10-11,13-14H2,1-3H3,(H,22,23). The van der Waals surface area contributed by atoms with Crippen LogP contribution >= 0.6 is 0 Å². The summed E-state index contributed by atoms with van der Waals surface area (Å²) in [5.41, 5.74) is 4.32. The Hall–Kier alpha value is -2.40. The first kappa shape index (κ1) is 17.4. The molecule has 0 unspecified atom stereocenters. The summed E-state index contributed by atoms with van der Waals surface area (Å²) >= 11 is 0. The van der Waals surface area contributed by atoms with Crippen molar-refractivity contribution in [3.8, 4) is 0 Å². The van der Waals surface area contributed by atoms with Gasteiger partial charge in [0.2, 0.25) is 0 Å². The number of guanidine groups is 1. The third kappa shape index (κ3) is 3.99. The van der Waals surface area contributed by atoms with E-state index >= 15 is 0 Å². The van der Waals surface area contributed by atoms with Gasteiger partial charge in [-0.15, -0.1) is 0 Å². The van der Waals surface area contributed by atoms with E-state index in [0.29, 0.717) is 18.7 Å². The van der Waals surface area contributed by atoms with Crippen LogP contribution in [0.5, 0.6) is 0 Å². The van der Waals surface area contributed by atoms with Gasteiger partial charge in [-0.1, -0.05) is 24.3 Å². The van der Waals surface area contributed by atoms with E-state index in [4.69, 9.17) is 0 Å². The minimum atomic E-state index is -0.157. The molecule has 0 radical (unpaired) electrons. The summed E-state index contributed by atoms with van der Waals surface area (Å²) in [7, 11) is 5.68. The van der Waals surface area contributed by atoms with Crippen molar-refractivity contribution in [3.05, 3.63) is 65.0 Å². The van der Waals surface area contributed by atoms with Gasteiger partial charge >= 0.3 is 0 Å². The summed E-state index contributed by atoms with van der Waals surface area (Å²) in [6.45, 7) is 2.13. The van der Waals surface area contributed by atoms with Crippen molar-refractivity contribution >= 4 is 11.6 Å². The average Bonchev–Trinajstić information content (AvgIpc) is 3.02. The van der Waals surface area contributed by atoms with E-state index in [1.165, 1.54) is 11.3 Å². The summed E-state index contributed by atoms with van der Waals surface area (Å²) in [5, 5.41) is 3.41. The van der Waals surface area contributed by atoms with Gasteiger partial charge in [-0.25, -0.2) is 4.39 Å². The number of anilines is 1. The molecule has 5 heteroatoms. The molecule has 0 spiro atoms. The number of hydrogen-bond donors (Lipinski definition) is 1. The second kappa shape index (κ2) is 7.66. The maximum absolute atomic E-state index is 13.9. The number of rotatable bonds is 4. The third-order valence-corrected chi connectivity index (χ3v) is 4.40. The Morgan fingerprint density at radius 2 is 2.04 bits per heavy atom. The van der Waals surface area contributed by atoms with Crippen molar-refractivity contribution in [2.75, 3.05) is 32.6 Å². The Bertz CT molecular complexity index is 770. The minimum Gasteiger partial charge on any atom is -0.352 e. The van der Waals surface area contributed by atoms with Crippen molar-refractivity contribution in [3.63, 3.8) is 0 Å². The third-order valence-electron chi connectivity index (χ3n) is 4.40. The Labute approximate surface area is 149 Å². The summed E-state index contributed by atoms with van der Waals surface area (Å²) in [4.78, 5) is 8.60. The van der Waals surface area contributed by atoms with Crippen LogP contribution in [-0.2, 0) is 19.5 Å². The zero-order valence-electron chi connectivity index (χ0n) is 15.1. The molecule has 0 aliphatic carbocycles. The Balaban J connectivity index is 1.70. The smallest absolute Gasteiger partial charge is 0.198 e. The number of nitrogens with zero attached hydrogens (tertiary/aromatic N) is 3. The van der Waals surface area contributed by atoms with E-state index in [1.54, 1.807) is 13.1 Å². The molecule has 0 bridgehead atoms. The fourth-order valence-electron chi connectivity index (χ4n) is 3.23. The van der Waals surface area contributed by atoms with Crippen molar-refractivity contribution in [2.45, 2.75) is 19.5 Å². The Kier molecular flexibility index (Phi) is 5.34. The van der Waals surface area contributed by atoms with Gasteiger partial charge in [0.05, 0.1) is 0 Å². The highest BCUT2D eigenvalue weighted by Crippen LogP contribution is 2.27. The first-order valence-corrected chi connectivity index (χ1v) is 8.56. The summed E-state index contributed by atoms with van der Waals surface area (Å²) < 4.78 is 13.9. The molecule has 0 aromatic heterocycles. The highest BCUT2D eigenvalue weighted by Gasteiger charge is 2.22. The molecule has 0 amide bonds. The molecule has 1 aliphatic heterocycles. The molecular formula is C20H25FN4. The fraction of sp³-hybridized carbons (Fsp3) is 0.350. The number of para-hydroxylation sites is 1. The first-order chi connectivity index (χ1) is 12.1. The van der Waals surface area contributed by atoms with Crippen molar-refractivity contribution in [1.82, 2.24) is 10.2 Å². The van der Waals surface area contributed by atoms with E-state index in [-0.39, 0.29) is 5.82 Å². The molecule has 1 heterocycles. The molecule has 0 atom stereocenters. The number of benzene rings is 2. The molecule has 0 saturated carbocycles. The minimum absolute atomic E-state index is 0.157. The molecule has 2 aromatic carbocycles. The van der Waals surface area contributed by atoms with Gasteiger partial charge in [-0.2, -0.15) is 0 Å². The zero-order chi connectivity index (χ0) is 17.8. The average molecular weight is 340 g/mol. The lowest BCUT2D eigenvalue weighted by atomic mass is 10.1. The lowest BCUT2D eigenvalue weighted by molar-refractivity contribution is 0.392. The summed E-state index contributed by atoms with van der Waals surface area (Å²) in [6.07, 6.45) is 1.03. The van der Waals surface area contributed by atoms with Gasteiger partial charge in [0.25, 0.3) is 0 Å². The second-order valence-electron chi connectivity index (χ2n) is 6.59. The quantitative estimate of drug-likeness (QED) is 0.686. The fourth-order valence-corrected chi connectivity index (χ4v) is 3.23. The number of aliphatic imine (C=N–C) groups is 1. The maximum atomic E-state index is 13.9. The Morgan fingerprint density at radius 1 is 1.24 bits per heavy atom. The molecule has 132 valence electrons. The second-order valence-corrected chi connectivity index (χ2v) is 6.59. The van der Waals surface area contributed by atoms with Crippen LogP contribution in [0.1, 0.15) is 16.7 Å².